The van der Waals surface area contributed by atoms with E-state index in [0.29, 0.717) is 0 Å². The molecule has 162 valence electrons. The predicted octanol–water partition coefficient (Wildman–Crippen LogP) is 4.93. The summed E-state index contributed by atoms with van der Waals surface area (Å²) in [6, 6.07) is 14.7. The van der Waals surface area contributed by atoms with Crippen LogP contribution in [0.4, 0.5) is 5.69 Å². The number of pyridine rings is 1. The van der Waals surface area contributed by atoms with Gasteiger partial charge in [-0.05, 0) is 48.0 Å². The molecule has 1 aliphatic rings. The van der Waals surface area contributed by atoms with Crippen molar-refractivity contribution in [3.63, 3.8) is 0 Å². The molecule has 2 aromatic carbocycles. The van der Waals surface area contributed by atoms with E-state index in [2.05, 4.69) is 46.7 Å². The fraction of sp³-hybridized carbons (Fsp3) is 0.385. The average molecular weight is 418 g/mol. The van der Waals surface area contributed by atoms with E-state index in [1.54, 1.807) is 7.11 Å². The second-order valence-corrected chi connectivity index (χ2v) is 8.17. The molecule has 0 unspecified atom stereocenters. The Hall–Kier alpha value is -2.76. The molecule has 0 bridgehead atoms. The molecule has 0 saturated carbocycles. The van der Waals surface area contributed by atoms with Crippen molar-refractivity contribution < 1.29 is 9.53 Å². The molecule has 1 N–H and O–H groups in total. The largest absolute Gasteiger partial charge is 0.375 e. The third-order valence-electron chi connectivity index (χ3n) is 5.97. The first kappa shape index (κ1) is 21.5. The van der Waals surface area contributed by atoms with Crippen LogP contribution in [0, 0.1) is 0 Å². The maximum atomic E-state index is 12.9. The molecule has 0 atom stereocenters. The molecule has 1 aliphatic heterocycles. The maximum Gasteiger partial charge on any atom is 0.252 e. The van der Waals surface area contributed by atoms with Gasteiger partial charge < -0.3 is 15.0 Å². The van der Waals surface area contributed by atoms with Gasteiger partial charge in [0.05, 0.1) is 0 Å². The van der Waals surface area contributed by atoms with Crippen molar-refractivity contribution in [3.05, 3.63) is 60.4 Å². The summed E-state index contributed by atoms with van der Waals surface area (Å²) in [4.78, 5) is 19.2. The van der Waals surface area contributed by atoms with Gasteiger partial charge in [-0.15, -0.1) is 0 Å². The smallest absolute Gasteiger partial charge is 0.252 e. The molecular weight excluding hydrogens is 386 g/mol. The fourth-order valence-electron chi connectivity index (χ4n) is 4.36. The number of fused-ring (bicyclic) bond motifs is 2. The molecule has 1 aromatic heterocycles. The summed E-state index contributed by atoms with van der Waals surface area (Å²) in [7, 11) is 1.58. The third kappa shape index (κ3) is 5.12. The normalized spacial score (nSPS) is 15.7. The monoisotopic (exact) mass is 417 g/mol. The number of carbonyl (C=O) groups is 1. The summed E-state index contributed by atoms with van der Waals surface area (Å²) in [5.74, 6) is 0.0142. The number of carbonyl (C=O) groups excluding carboxylic acids is 1. The molecule has 4 rings (SSSR count). The zero-order valence-corrected chi connectivity index (χ0v) is 18.3. The number of hydrogen-bond acceptors (Lipinski definition) is 4. The number of rotatable bonds is 3. The Morgan fingerprint density at radius 2 is 1.90 bits per heavy atom. The van der Waals surface area contributed by atoms with E-state index in [1.165, 1.54) is 24.6 Å². The first-order valence-electron chi connectivity index (χ1n) is 11.2. The number of amides is 1. The van der Waals surface area contributed by atoms with Gasteiger partial charge in [-0.3, -0.25) is 9.78 Å². The van der Waals surface area contributed by atoms with Crippen LogP contribution in [0.25, 0.3) is 21.9 Å². The first-order valence-corrected chi connectivity index (χ1v) is 11.2. The Morgan fingerprint density at radius 1 is 1.06 bits per heavy atom. The van der Waals surface area contributed by atoms with Crippen LogP contribution in [-0.2, 0) is 16.1 Å². The number of methoxy groups -OCH3 is 1. The van der Waals surface area contributed by atoms with E-state index < -0.39 is 0 Å². The number of aromatic nitrogens is 1. The summed E-state index contributed by atoms with van der Waals surface area (Å²) in [5, 5.41) is 5.90. The lowest BCUT2D eigenvalue weighted by molar-refractivity contribution is -0.122. The fourth-order valence-corrected chi connectivity index (χ4v) is 4.36. The minimum absolute atomic E-state index is 0.0142. The van der Waals surface area contributed by atoms with Gasteiger partial charge in [-0.1, -0.05) is 49.6 Å². The highest BCUT2D eigenvalue weighted by Crippen LogP contribution is 2.32. The SMILES string of the molecule is COCC(=O)N1CCCCCCCNCc2cc(-c3cncc4ccccc34)ccc21. The van der Waals surface area contributed by atoms with Gasteiger partial charge in [-0.25, -0.2) is 0 Å². The van der Waals surface area contributed by atoms with Crippen LogP contribution < -0.4 is 10.2 Å². The molecule has 3 aromatic rings. The average Bonchev–Trinajstić information content (AvgIpc) is 2.79. The highest BCUT2D eigenvalue weighted by atomic mass is 16.5. The van der Waals surface area contributed by atoms with Crippen molar-refractivity contribution in [2.75, 3.05) is 31.7 Å². The Morgan fingerprint density at radius 3 is 2.81 bits per heavy atom. The van der Waals surface area contributed by atoms with Crippen molar-refractivity contribution >= 4 is 22.4 Å². The molecule has 0 fully saturated rings. The molecule has 2 heterocycles. The molecule has 5 nitrogen and oxygen atoms in total. The Kier molecular flexibility index (Phi) is 7.28. The van der Waals surface area contributed by atoms with Crippen molar-refractivity contribution in [1.29, 1.82) is 0 Å². The summed E-state index contributed by atoms with van der Waals surface area (Å²) in [6.07, 6.45) is 9.62. The van der Waals surface area contributed by atoms with Gasteiger partial charge in [0.1, 0.15) is 6.61 Å². The quantitative estimate of drug-likeness (QED) is 0.656. The van der Waals surface area contributed by atoms with E-state index in [0.717, 1.165) is 60.2 Å². The highest BCUT2D eigenvalue weighted by Gasteiger charge is 2.19. The number of ether oxygens (including phenoxy) is 1. The van der Waals surface area contributed by atoms with Crippen molar-refractivity contribution in [3.8, 4) is 11.1 Å². The molecule has 0 saturated heterocycles. The Bertz CT molecular complexity index is 1030. The van der Waals surface area contributed by atoms with Crippen LogP contribution in [0.1, 0.15) is 37.7 Å². The van der Waals surface area contributed by atoms with E-state index >= 15 is 0 Å². The van der Waals surface area contributed by atoms with Crippen molar-refractivity contribution in [1.82, 2.24) is 10.3 Å². The van der Waals surface area contributed by atoms with Crippen LogP contribution >= 0.6 is 0 Å². The van der Waals surface area contributed by atoms with Crippen LogP contribution in [-0.4, -0.2) is 37.7 Å². The lowest BCUT2D eigenvalue weighted by atomic mass is 9.97. The number of benzene rings is 2. The third-order valence-corrected chi connectivity index (χ3v) is 5.97. The Balaban J connectivity index is 1.76. The first-order chi connectivity index (χ1) is 15.3. The molecule has 0 aliphatic carbocycles. The van der Waals surface area contributed by atoms with E-state index in [9.17, 15) is 4.79 Å². The predicted molar refractivity (Wildman–Crippen MR) is 126 cm³/mol. The highest BCUT2D eigenvalue weighted by molar-refractivity contribution is 5.98. The lowest BCUT2D eigenvalue weighted by Gasteiger charge is -2.26. The summed E-state index contributed by atoms with van der Waals surface area (Å²) in [6.45, 7) is 2.55. The number of nitrogens with zero attached hydrogens (tertiary/aromatic N) is 2. The molecular formula is C26H31N3O2. The maximum absolute atomic E-state index is 12.9. The Labute approximate surface area is 184 Å². The zero-order chi connectivity index (χ0) is 21.5. The standard InChI is InChI=1S/C26H31N3O2/c1-31-19-26(30)29-14-8-4-2-3-7-13-27-17-22-15-20(11-12-25(22)29)24-18-28-16-21-9-5-6-10-23(21)24/h5-6,9-12,15-16,18,27H,2-4,7-8,13-14,17,19H2,1H3. The topological polar surface area (TPSA) is 54.5 Å². The number of nitrogens with one attached hydrogen (secondary N) is 1. The summed E-state index contributed by atoms with van der Waals surface area (Å²) >= 11 is 0. The number of anilines is 1. The van der Waals surface area contributed by atoms with Gasteiger partial charge in [0.15, 0.2) is 0 Å². The number of hydrogen-bond donors (Lipinski definition) is 1. The lowest BCUT2D eigenvalue weighted by Crippen LogP contribution is -2.36. The second-order valence-electron chi connectivity index (χ2n) is 8.17. The minimum Gasteiger partial charge on any atom is -0.375 e. The second kappa shape index (κ2) is 10.5. The van der Waals surface area contributed by atoms with Crippen LogP contribution in [0.15, 0.2) is 54.9 Å². The van der Waals surface area contributed by atoms with Gasteiger partial charge >= 0.3 is 0 Å². The summed E-state index contributed by atoms with van der Waals surface area (Å²) < 4.78 is 5.17. The van der Waals surface area contributed by atoms with Crippen molar-refractivity contribution in [2.45, 2.75) is 38.6 Å². The molecule has 0 radical (unpaired) electrons. The zero-order valence-electron chi connectivity index (χ0n) is 18.3. The van der Waals surface area contributed by atoms with Gasteiger partial charge in [-0.2, -0.15) is 0 Å². The van der Waals surface area contributed by atoms with E-state index in [1.807, 2.05) is 23.4 Å². The molecule has 1 amide bonds. The van der Waals surface area contributed by atoms with Crippen molar-refractivity contribution in [2.24, 2.45) is 0 Å². The van der Waals surface area contributed by atoms with E-state index in [4.69, 9.17) is 4.74 Å². The van der Waals surface area contributed by atoms with Crippen LogP contribution in [0.2, 0.25) is 0 Å². The minimum atomic E-state index is 0.0142. The molecule has 0 spiro atoms. The van der Waals surface area contributed by atoms with Gasteiger partial charge in [0, 0.05) is 49.2 Å². The molecule has 5 heteroatoms. The molecule has 31 heavy (non-hydrogen) atoms. The van der Waals surface area contributed by atoms with E-state index in [-0.39, 0.29) is 12.5 Å². The summed E-state index contributed by atoms with van der Waals surface area (Å²) in [5.41, 5.74) is 4.35. The van der Waals surface area contributed by atoms with Crippen LogP contribution in [0.5, 0.6) is 0 Å². The van der Waals surface area contributed by atoms with Crippen LogP contribution in [0.3, 0.4) is 0 Å². The van der Waals surface area contributed by atoms with Gasteiger partial charge in [0.2, 0.25) is 0 Å². The van der Waals surface area contributed by atoms with Gasteiger partial charge in [0.25, 0.3) is 5.91 Å².